The Hall–Kier alpha value is -2.09. The highest BCUT2D eigenvalue weighted by Gasteiger charge is 2.59. The zero-order chi connectivity index (χ0) is 20.5. The molecule has 1 aliphatic heterocycles. The molecule has 0 spiro atoms. The van der Waals surface area contributed by atoms with E-state index in [4.69, 9.17) is 0 Å². The van der Waals surface area contributed by atoms with Crippen molar-refractivity contribution in [3.63, 3.8) is 0 Å². The number of hydrogen-bond donors (Lipinski definition) is 1. The first-order chi connectivity index (χ1) is 14.5. The lowest BCUT2D eigenvalue weighted by atomic mass is 9.47. The summed E-state index contributed by atoms with van der Waals surface area (Å²) in [7, 11) is 0. The topological polar surface area (TPSA) is 29.1 Å². The van der Waals surface area contributed by atoms with Crippen LogP contribution in [-0.2, 0) is 4.79 Å². The summed E-state index contributed by atoms with van der Waals surface area (Å²) >= 11 is 0. The Morgan fingerprint density at radius 2 is 1.73 bits per heavy atom. The lowest BCUT2D eigenvalue weighted by Gasteiger charge is -2.59. The first kappa shape index (κ1) is 18.7. The molecule has 1 N–H and O–H groups in total. The van der Waals surface area contributed by atoms with Crippen molar-refractivity contribution in [3.8, 4) is 0 Å². The summed E-state index contributed by atoms with van der Waals surface area (Å²) in [5.41, 5.74) is 2.11. The van der Waals surface area contributed by atoms with E-state index < -0.39 is 0 Å². The summed E-state index contributed by atoms with van der Waals surface area (Å²) in [6.45, 7) is 5.02. The predicted molar refractivity (Wildman–Crippen MR) is 122 cm³/mol. The van der Waals surface area contributed by atoms with Gasteiger partial charge < -0.3 is 5.32 Å². The van der Waals surface area contributed by atoms with Crippen LogP contribution in [0.5, 0.6) is 0 Å². The molecule has 0 radical (unpaired) electrons. The number of carbonyl (C=O) groups is 1. The second-order valence-electron chi connectivity index (χ2n) is 11.0. The van der Waals surface area contributed by atoms with Gasteiger partial charge in [-0.2, -0.15) is 0 Å². The lowest BCUT2D eigenvalue weighted by Crippen LogP contribution is -2.59. The third kappa shape index (κ3) is 2.52. The molecule has 2 aromatic rings. The number of amides is 1. The van der Waals surface area contributed by atoms with Crippen molar-refractivity contribution in [2.45, 2.75) is 64.3 Å². The lowest BCUT2D eigenvalue weighted by molar-refractivity contribution is -0.122. The maximum Gasteiger partial charge on any atom is 0.243 e. The minimum Gasteiger partial charge on any atom is -0.349 e. The van der Waals surface area contributed by atoms with E-state index in [1.54, 1.807) is 11.6 Å². The maximum absolute atomic E-state index is 11.9. The number of benzene rings is 2. The smallest absolute Gasteiger partial charge is 0.243 e. The van der Waals surface area contributed by atoms with Crippen molar-refractivity contribution in [2.75, 3.05) is 0 Å². The van der Waals surface area contributed by atoms with Gasteiger partial charge in [0.15, 0.2) is 0 Å². The van der Waals surface area contributed by atoms with E-state index in [0.717, 1.165) is 18.3 Å². The quantitative estimate of drug-likeness (QED) is 0.606. The largest absolute Gasteiger partial charge is 0.349 e. The van der Waals surface area contributed by atoms with Crippen molar-refractivity contribution in [3.05, 3.63) is 60.2 Å². The Bertz CT molecular complexity index is 1040. The van der Waals surface area contributed by atoms with Gasteiger partial charge in [0.1, 0.15) is 0 Å². The van der Waals surface area contributed by atoms with Crippen LogP contribution in [0, 0.1) is 28.6 Å². The van der Waals surface area contributed by atoms with Gasteiger partial charge in [-0.1, -0.05) is 62.4 Å². The van der Waals surface area contributed by atoms with Crippen LogP contribution in [0.3, 0.4) is 0 Å². The molecule has 2 aromatic carbocycles. The van der Waals surface area contributed by atoms with E-state index >= 15 is 0 Å². The van der Waals surface area contributed by atoms with Crippen LogP contribution < -0.4 is 5.32 Å². The van der Waals surface area contributed by atoms with Crippen LogP contribution >= 0.6 is 0 Å². The van der Waals surface area contributed by atoms with Crippen LogP contribution in [0.2, 0.25) is 0 Å². The van der Waals surface area contributed by atoms with Crippen LogP contribution in [0.25, 0.3) is 10.8 Å². The fourth-order valence-corrected chi connectivity index (χ4v) is 8.31. The molecule has 1 amide bonds. The van der Waals surface area contributed by atoms with Gasteiger partial charge in [0, 0.05) is 11.5 Å². The van der Waals surface area contributed by atoms with E-state index in [1.165, 1.54) is 42.9 Å². The molecule has 4 aliphatic rings. The fraction of sp³-hybridized carbons (Fsp3) is 0.536. The molecule has 156 valence electrons. The summed E-state index contributed by atoms with van der Waals surface area (Å²) in [6.07, 6.45) is 11.8. The van der Waals surface area contributed by atoms with Crippen LogP contribution in [0.4, 0.5) is 0 Å². The molecule has 3 fully saturated rings. The van der Waals surface area contributed by atoms with Crippen LogP contribution in [0.15, 0.2) is 54.6 Å². The first-order valence-electron chi connectivity index (χ1n) is 12.0. The van der Waals surface area contributed by atoms with Crippen molar-refractivity contribution in [1.29, 1.82) is 0 Å². The minimum atomic E-state index is 0.105. The SMILES string of the molecule is C[C@]12C=CC(=O)NC1CC[C@@H]1[C@H]2CC[C@]2(C)C(c3ccc4ccccc4c3)CC[C@@H]12. The predicted octanol–water partition coefficient (Wildman–Crippen LogP) is 6.22. The van der Waals surface area contributed by atoms with E-state index in [1.807, 2.05) is 0 Å². The standard InChI is InChI=1S/C28H33NO/c1-27-15-13-24-21(9-12-25-28(24,2)16-14-26(30)29-25)23(27)11-10-22(27)20-8-7-18-5-3-4-6-19(18)17-20/h3-8,14,16-17,21-25H,9-13,15H2,1-2H3,(H,29,30)/t21-,22?,23-,24+,25?,27+,28+/m0/s1. The normalized spacial score (nSPS) is 42.3. The summed E-state index contributed by atoms with van der Waals surface area (Å²) in [5.74, 6) is 3.11. The molecule has 2 nitrogen and oxygen atoms in total. The Morgan fingerprint density at radius 1 is 0.900 bits per heavy atom. The van der Waals surface area contributed by atoms with Gasteiger partial charge in [0.2, 0.25) is 5.91 Å². The molecule has 1 heterocycles. The number of fused-ring (bicyclic) bond motifs is 6. The summed E-state index contributed by atoms with van der Waals surface area (Å²) in [6, 6.07) is 16.3. The molecule has 0 aromatic heterocycles. The minimum absolute atomic E-state index is 0.105. The Labute approximate surface area is 180 Å². The van der Waals surface area contributed by atoms with Gasteiger partial charge in [-0.15, -0.1) is 0 Å². The average molecular weight is 400 g/mol. The van der Waals surface area contributed by atoms with Crippen molar-refractivity contribution < 1.29 is 4.79 Å². The second kappa shape index (κ2) is 6.45. The Balaban J connectivity index is 1.33. The highest BCUT2D eigenvalue weighted by atomic mass is 16.1. The molecule has 3 saturated carbocycles. The third-order valence-corrected chi connectivity index (χ3v) is 9.86. The van der Waals surface area contributed by atoms with Gasteiger partial charge in [-0.05, 0) is 90.0 Å². The summed E-state index contributed by atoms with van der Waals surface area (Å²) in [4.78, 5) is 11.9. The Kier molecular flexibility index (Phi) is 4.01. The number of nitrogens with one attached hydrogen (secondary N) is 1. The van der Waals surface area contributed by atoms with E-state index in [9.17, 15) is 4.79 Å². The average Bonchev–Trinajstić information content (AvgIpc) is 3.11. The van der Waals surface area contributed by atoms with Crippen LogP contribution in [0.1, 0.15) is 63.9 Å². The van der Waals surface area contributed by atoms with E-state index in [2.05, 4.69) is 67.7 Å². The molecule has 30 heavy (non-hydrogen) atoms. The van der Waals surface area contributed by atoms with Crippen molar-refractivity contribution in [1.82, 2.24) is 5.32 Å². The number of hydrogen-bond acceptors (Lipinski definition) is 1. The molecule has 6 rings (SSSR count). The Morgan fingerprint density at radius 3 is 2.60 bits per heavy atom. The van der Waals surface area contributed by atoms with Crippen molar-refractivity contribution >= 4 is 16.7 Å². The molecule has 0 bridgehead atoms. The highest BCUT2D eigenvalue weighted by Crippen LogP contribution is 2.67. The third-order valence-electron chi connectivity index (χ3n) is 9.86. The second-order valence-corrected chi connectivity index (χ2v) is 11.0. The highest BCUT2D eigenvalue weighted by molar-refractivity contribution is 5.89. The van der Waals surface area contributed by atoms with Crippen LogP contribution in [-0.4, -0.2) is 11.9 Å². The number of carbonyl (C=O) groups excluding carboxylic acids is 1. The van der Waals surface area contributed by atoms with Gasteiger partial charge in [0.05, 0.1) is 0 Å². The first-order valence-corrected chi connectivity index (χ1v) is 12.0. The van der Waals surface area contributed by atoms with E-state index in [0.29, 0.717) is 23.3 Å². The molecule has 2 heteroatoms. The summed E-state index contributed by atoms with van der Waals surface area (Å²) < 4.78 is 0. The van der Waals surface area contributed by atoms with Gasteiger partial charge in [0.25, 0.3) is 0 Å². The molecule has 2 unspecified atom stereocenters. The zero-order valence-electron chi connectivity index (χ0n) is 18.2. The van der Waals surface area contributed by atoms with Crippen molar-refractivity contribution in [2.24, 2.45) is 28.6 Å². The fourth-order valence-electron chi connectivity index (χ4n) is 8.31. The molecular formula is C28H33NO. The van der Waals surface area contributed by atoms with Gasteiger partial charge in [-0.25, -0.2) is 0 Å². The molecular weight excluding hydrogens is 366 g/mol. The molecule has 7 atom stereocenters. The zero-order valence-corrected chi connectivity index (χ0v) is 18.2. The van der Waals surface area contributed by atoms with Gasteiger partial charge in [-0.3, -0.25) is 4.79 Å². The summed E-state index contributed by atoms with van der Waals surface area (Å²) in [5, 5.41) is 6.02. The molecule has 0 saturated heterocycles. The molecule has 3 aliphatic carbocycles. The van der Waals surface area contributed by atoms with E-state index in [-0.39, 0.29) is 11.3 Å². The monoisotopic (exact) mass is 399 g/mol. The number of rotatable bonds is 1. The van der Waals surface area contributed by atoms with Gasteiger partial charge >= 0.3 is 0 Å². The maximum atomic E-state index is 11.9.